The lowest BCUT2D eigenvalue weighted by molar-refractivity contribution is 0.220. The van der Waals surface area contributed by atoms with Gasteiger partial charge in [-0.1, -0.05) is 33.6 Å². The maximum absolute atomic E-state index is 4.17. The molecule has 1 aromatic rings. The number of rotatable bonds is 6. The second-order valence-electron chi connectivity index (χ2n) is 5.85. The Balaban J connectivity index is 2.02. The summed E-state index contributed by atoms with van der Waals surface area (Å²) < 4.78 is 2.00. The summed E-state index contributed by atoms with van der Waals surface area (Å²) in [6.07, 6.45) is 6.58. The first-order valence-corrected chi connectivity index (χ1v) is 7.14. The van der Waals surface area contributed by atoms with Crippen molar-refractivity contribution in [3.63, 3.8) is 0 Å². The quantitative estimate of drug-likeness (QED) is 0.841. The smallest absolute Gasteiger partial charge is 0.165 e. The van der Waals surface area contributed by atoms with E-state index in [4.69, 9.17) is 0 Å². The fraction of sp³-hybridized carbons (Fsp3) is 0.923. The Hall–Kier alpha value is -0.970. The molecular formula is C13H25N5. The van der Waals surface area contributed by atoms with Crippen molar-refractivity contribution in [2.24, 2.45) is 5.41 Å². The van der Waals surface area contributed by atoms with E-state index < -0.39 is 0 Å². The van der Waals surface area contributed by atoms with Gasteiger partial charge in [-0.25, -0.2) is 4.68 Å². The molecule has 1 aliphatic rings. The lowest BCUT2D eigenvalue weighted by Gasteiger charge is -2.27. The summed E-state index contributed by atoms with van der Waals surface area (Å²) in [5.41, 5.74) is 0.433. The number of tetrazole rings is 1. The normalized spacial score (nSPS) is 18.7. The number of hydrogen-bond donors (Lipinski definition) is 1. The second-order valence-corrected chi connectivity index (χ2v) is 5.85. The van der Waals surface area contributed by atoms with Gasteiger partial charge in [-0.05, 0) is 35.1 Å². The van der Waals surface area contributed by atoms with E-state index in [-0.39, 0.29) is 0 Å². The molecule has 0 radical (unpaired) electrons. The van der Waals surface area contributed by atoms with Crippen molar-refractivity contribution in [3.05, 3.63) is 5.82 Å². The fourth-order valence-corrected chi connectivity index (χ4v) is 2.83. The summed E-state index contributed by atoms with van der Waals surface area (Å²) in [6.45, 7) is 8.30. The maximum atomic E-state index is 4.17. The van der Waals surface area contributed by atoms with Crippen LogP contribution in [-0.2, 0) is 13.1 Å². The molecule has 0 bridgehead atoms. The van der Waals surface area contributed by atoms with Gasteiger partial charge in [0.25, 0.3) is 0 Å². The van der Waals surface area contributed by atoms with Crippen molar-refractivity contribution in [3.8, 4) is 0 Å². The lowest BCUT2D eigenvalue weighted by atomic mass is 9.83. The van der Waals surface area contributed by atoms with Crippen molar-refractivity contribution >= 4 is 0 Å². The molecule has 5 heteroatoms. The first kappa shape index (κ1) is 13.5. The van der Waals surface area contributed by atoms with Crippen LogP contribution in [-0.4, -0.2) is 26.2 Å². The minimum atomic E-state index is 0.433. The van der Waals surface area contributed by atoms with Crippen LogP contribution in [0.3, 0.4) is 0 Å². The Bertz CT molecular complexity index is 365. The molecule has 0 aromatic carbocycles. The molecule has 102 valence electrons. The van der Waals surface area contributed by atoms with Crippen LogP contribution in [0.1, 0.15) is 58.7 Å². The van der Waals surface area contributed by atoms with E-state index >= 15 is 0 Å². The van der Waals surface area contributed by atoms with Crippen LogP contribution in [0.5, 0.6) is 0 Å². The number of hydrogen-bond acceptors (Lipinski definition) is 4. The highest BCUT2D eigenvalue weighted by molar-refractivity contribution is 4.88. The van der Waals surface area contributed by atoms with Gasteiger partial charge in [0.2, 0.25) is 0 Å². The van der Waals surface area contributed by atoms with Gasteiger partial charge in [0, 0.05) is 6.04 Å². The van der Waals surface area contributed by atoms with Crippen LogP contribution in [0.25, 0.3) is 0 Å². The molecule has 0 saturated heterocycles. The predicted molar refractivity (Wildman–Crippen MR) is 71.0 cm³/mol. The Kier molecular flexibility index (Phi) is 4.32. The Morgan fingerprint density at radius 2 is 2.06 bits per heavy atom. The van der Waals surface area contributed by atoms with Crippen molar-refractivity contribution in [1.29, 1.82) is 0 Å². The molecule has 2 rings (SSSR count). The zero-order valence-electron chi connectivity index (χ0n) is 11.8. The molecule has 1 fully saturated rings. The van der Waals surface area contributed by atoms with Gasteiger partial charge < -0.3 is 5.32 Å². The average molecular weight is 251 g/mol. The first-order valence-electron chi connectivity index (χ1n) is 7.14. The lowest BCUT2D eigenvalue weighted by Crippen LogP contribution is -2.28. The van der Waals surface area contributed by atoms with Crippen molar-refractivity contribution in [1.82, 2.24) is 25.5 Å². The van der Waals surface area contributed by atoms with Gasteiger partial charge in [0.15, 0.2) is 5.82 Å². The second kappa shape index (κ2) is 5.78. The van der Waals surface area contributed by atoms with E-state index in [9.17, 15) is 0 Å². The van der Waals surface area contributed by atoms with Crippen molar-refractivity contribution in [2.75, 3.05) is 0 Å². The summed E-state index contributed by atoms with van der Waals surface area (Å²) >= 11 is 0. The summed E-state index contributed by atoms with van der Waals surface area (Å²) in [5.74, 6) is 0.962. The highest BCUT2D eigenvalue weighted by Crippen LogP contribution is 2.42. The fourth-order valence-electron chi connectivity index (χ4n) is 2.83. The minimum Gasteiger partial charge on any atom is -0.308 e. The zero-order chi connectivity index (χ0) is 13.0. The monoisotopic (exact) mass is 251 g/mol. The zero-order valence-corrected chi connectivity index (χ0v) is 11.8. The molecule has 18 heavy (non-hydrogen) atoms. The predicted octanol–water partition coefficient (Wildman–Crippen LogP) is 2.14. The van der Waals surface area contributed by atoms with Crippen LogP contribution in [0, 0.1) is 5.41 Å². The summed E-state index contributed by atoms with van der Waals surface area (Å²) in [4.78, 5) is 0. The van der Waals surface area contributed by atoms with E-state index in [0.717, 1.165) is 18.9 Å². The molecule has 0 unspecified atom stereocenters. The van der Waals surface area contributed by atoms with Crippen LogP contribution in [0.2, 0.25) is 0 Å². The number of nitrogens with zero attached hydrogens (tertiary/aromatic N) is 4. The van der Waals surface area contributed by atoms with Crippen LogP contribution in [0.4, 0.5) is 0 Å². The molecule has 0 atom stereocenters. The molecular weight excluding hydrogens is 226 g/mol. The van der Waals surface area contributed by atoms with E-state index in [1.807, 2.05) is 4.68 Å². The Morgan fingerprint density at radius 1 is 1.33 bits per heavy atom. The SMILES string of the molecule is CCC1(Cn2nnnc2CNC(C)C)CCCC1. The van der Waals surface area contributed by atoms with Crippen LogP contribution < -0.4 is 5.32 Å². The van der Waals surface area contributed by atoms with Gasteiger partial charge in [-0.3, -0.25) is 0 Å². The van der Waals surface area contributed by atoms with Gasteiger partial charge >= 0.3 is 0 Å². The Labute approximate surface area is 109 Å². The third-order valence-corrected chi connectivity index (χ3v) is 4.17. The molecule has 1 heterocycles. The largest absolute Gasteiger partial charge is 0.308 e. The Morgan fingerprint density at radius 3 is 2.67 bits per heavy atom. The molecule has 1 N–H and O–H groups in total. The number of aromatic nitrogens is 4. The van der Waals surface area contributed by atoms with E-state index in [1.54, 1.807) is 0 Å². The van der Waals surface area contributed by atoms with Crippen molar-refractivity contribution in [2.45, 2.75) is 72.0 Å². The summed E-state index contributed by atoms with van der Waals surface area (Å²) in [7, 11) is 0. The van der Waals surface area contributed by atoms with E-state index in [2.05, 4.69) is 41.6 Å². The van der Waals surface area contributed by atoms with Gasteiger partial charge in [-0.15, -0.1) is 5.10 Å². The molecule has 5 nitrogen and oxygen atoms in total. The van der Waals surface area contributed by atoms with Gasteiger partial charge in [0.05, 0.1) is 13.1 Å². The minimum absolute atomic E-state index is 0.433. The standard InChI is InChI=1S/C13H25N5/c1-4-13(7-5-6-8-13)10-18-12(15-16-17-18)9-14-11(2)3/h11,14H,4-10H2,1-3H3. The van der Waals surface area contributed by atoms with E-state index in [1.165, 1.54) is 32.1 Å². The third-order valence-electron chi connectivity index (χ3n) is 4.17. The summed E-state index contributed by atoms with van der Waals surface area (Å²) in [6, 6.07) is 0.460. The molecule has 1 aromatic heterocycles. The van der Waals surface area contributed by atoms with E-state index in [0.29, 0.717) is 11.5 Å². The maximum Gasteiger partial charge on any atom is 0.165 e. The summed E-state index contributed by atoms with van der Waals surface area (Å²) in [5, 5.41) is 15.5. The molecule has 0 amide bonds. The average Bonchev–Trinajstić information content (AvgIpc) is 2.97. The topological polar surface area (TPSA) is 55.6 Å². The highest BCUT2D eigenvalue weighted by atomic mass is 15.5. The number of nitrogens with one attached hydrogen (secondary N) is 1. The van der Waals surface area contributed by atoms with Crippen molar-refractivity contribution < 1.29 is 0 Å². The highest BCUT2D eigenvalue weighted by Gasteiger charge is 2.33. The van der Waals surface area contributed by atoms with Crippen LogP contribution in [0.15, 0.2) is 0 Å². The first-order chi connectivity index (χ1) is 8.65. The molecule has 1 aliphatic carbocycles. The third kappa shape index (κ3) is 3.07. The molecule has 0 aliphatic heterocycles. The van der Waals surface area contributed by atoms with Gasteiger partial charge in [0.1, 0.15) is 0 Å². The molecule has 1 saturated carbocycles. The van der Waals surface area contributed by atoms with Gasteiger partial charge in [-0.2, -0.15) is 0 Å². The van der Waals surface area contributed by atoms with Crippen LogP contribution >= 0.6 is 0 Å². The molecule has 0 spiro atoms.